The minimum atomic E-state index is -0.183. The largest absolute Gasteiger partial charge is 0.321 e. The summed E-state index contributed by atoms with van der Waals surface area (Å²) in [6.45, 7) is 3.92. The van der Waals surface area contributed by atoms with Crippen molar-refractivity contribution >= 4 is 11.6 Å². The second-order valence-electron chi connectivity index (χ2n) is 4.11. The Balaban J connectivity index is 2.14. The molecular formula is C13H15N3O. The molecule has 1 N–H and O–H groups in total. The lowest BCUT2D eigenvalue weighted by Crippen LogP contribution is -2.12. The molecule has 88 valence electrons. The predicted octanol–water partition coefficient (Wildman–Crippen LogP) is 2.29. The smallest absolute Gasteiger partial charge is 0.276 e. The fraction of sp³-hybridized carbons (Fsp3) is 0.231. The van der Waals surface area contributed by atoms with E-state index in [1.165, 1.54) is 0 Å². The number of carbonyl (C=O) groups excluding carboxylic acids is 1. The first-order valence-corrected chi connectivity index (χ1v) is 5.45. The average Bonchev–Trinajstić information content (AvgIpc) is 2.63. The van der Waals surface area contributed by atoms with Crippen LogP contribution >= 0.6 is 0 Å². The number of benzene rings is 1. The maximum absolute atomic E-state index is 11.9. The maximum atomic E-state index is 11.9. The quantitative estimate of drug-likeness (QED) is 0.858. The van der Waals surface area contributed by atoms with Crippen molar-refractivity contribution in [3.8, 4) is 0 Å². The predicted molar refractivity (Wildman–Crippen MR) is 67.1 cm³/mol. The van der Waals surface area contributed by atoms with E-state index in [-0.39, 0.29) is 5.91 Å². The van der Waals surface area contributed by atoms with Gasteiger partial charge in [0.15, 0.2) is 5.69 Å². The fourth-order valence-corrected chi connectivity index (χ4v) is 1.50. The van der Waals surface area contributed by atoms with Crippen LogP contribution in [0.25, 0.3) is 0 Å². The van der Waals surface area contributed by atoms with Crippen LogP contribution in [-0.4, -0.2) is 15.7 Å². The van der Waals surface area contributed by atoms with Crippen molar-refractivity contribution in [1.29, 1.82) is 0 Å². The summed E-state index contributed by atoms with van der Waals surface area (Å²) in [6, 6.07) is 9.44. The summed E-state index contributed by atoms with van der Waals surface area (Å²) in [5.41, 5.74) is 3.34. The molecule has 1 amide bonds. The van der Waals surface area contributed by atoms with Gasteiger partial charge in [-0.25, -0.2) is 0 Å². The van der Waals surface area contributed by atoms with E-state index in [1.807, 2.05) is 45.2 Å². The van der Waals surface area contributed by atoms with Crippen LogP contribution in [0, 0.1) is 13.8 Å². The van der Waals surface area contributed by atoms with Gasteiger partial charge in [0, 0.05) is 18.4 Å². The topological polar surface area (TPSA) is 46.9 Å². The van der Waals surface area contributed by atoms with E-state index in [1.54, 1.807) is 10.7 Å². The highest BCUT2D eigenvalue weighted by atomic mass is 16.1. The van der Waals surface area contributed by atoms with Gasteiger partial charge in [0.05, 0.1) is 0 Å². The first-order chi connectivity index (χ1) is 8.06. The molecule has 0 saturated heterocycles. The Morgan fingerprint density at radius 2 is 1.88 bits per heavy atom. The zero-order chi connectivity index (χ0) is 12.4. The molecule has 2 aromatic rings. The van der Waals surface area contributed by atoms with Crippen LogP contribution in [0.5, 0.6) is 0 Å². The van der Waals surface area contributed by atoms with Crippen LogP contribution in [0.1, 0.15) is 21.7 Å². The third-order valence-corrected chi connectivity index (χ3v) is 2.66. The van der Waals surface area contributed by atoms with Crippen LogP contribution in [0.4, 0.5) is 5.69 Å². The van der Waals surface area contributed by atoms with Gasteiger partial charge in [0.25, 0.3) is 5.91 Å². The average molecular weight is 229 g/mol. The Hall–Kier alpha value is -2.10. The van der Waals surface area contributed by atoms with Crippen LogP contribution < -0.4 is 5.32 Å². The van der Waals surface area contributed by atoms with Gasteiger partial charge < -0.3 is 5.32 Å². The van der Waals surface area contributed by atoms with Crippen LogP contribution in [-0.2, 0) is 7.05 Å². The second-order valence-corrected chi connectivity index (χ2v) is 4.11. The Kier molecular flexibility index (Phi) is 2.95. The van der Waals surface area contributed by atoms with Crippen molar-refractivity contribution in [2.24, 2.45) is 7.05 Å². The molecule has 0 saturated carbocycles. The van der Waals surface area contributed by atoms with Gasteiger partial charge in [-0.05, 0) is 32.0 Å². The number of hydrogen-bond donors (Lipinski definition) is 1. The van der Waals surface area contributed by atoms with E-state index in [0.717, 1.165) is 16.9 Å². The highest BCUT2D eigenvalue weighted by Gasteiger charge is 2.10. The van der Waals surface area contributed by atoms with Gasteiger partial charge in [-0.15, -0.1) is 0 Å². The van der Waals surface area contributed by atoms with Crippen molar-refractivity contribution in [3.63, 3.8) is 0 Å². The standard InChI is InChI=1S/C13H15N3O/c1-9-4-6-11(7-5-9)14-13(17)12-8-10(2)16(3)15-12/h4-8H,1-3H3,(H,14,17). The lowest BCUT2D eigenvalue weighted by molar-refractivity contribution is 0.102. The number of rotatable bonds is 2. The summed E-state index contributed by atoms with van der Waals surface area (Å²) in [4.78, 5) is 11.9. The molecule has 0 aliphatic heterocycles. The molecule has 0 fully saturated rings. The monoisotopic (exact) mass is 229 g/mol. The number of carbonyl (C=O) groups is 1. The zero-order valence-corrected chi connectivity index (χ0v) is 10.2. The van der Waals surface area contributed by atoms with E-state index >= 15 is 0 Å². The second kappa shape index (κ2) is 4.41. The molecule has 0 bridgehead atoms. The Bertz CT molecular complexity index is 521. The number of anilines is 1. The molecule has 4 nitrogen and oxygen atoms in total. The molecule has 0 atom stereocenters. The van der Waals surface area contributed by atoms with Gasteiger partial charge in [-0.2, -0.15) is 5.10 Å². The molecule has 0 unspecified atom stereocenters. The van der Waals surface area contributed by atoms with E-state index < -0.39 is 0 Å². The molecule has 1 heterocycles. The lowest BCUT2D eigenvalue weighted by atomic mass is 10.2. The Morgan fingerprint density at radius 1 is 1.24 bits per heavy atom. The van der Waals surface area contributed by atoms with Gasteiger partial charge in [-0.3, -0.25) is 9.48 Å². The Labute approximate surface area is 100 Å². The Morgan fingerprint density at radius 3 is 2.41 bits per heavy atom. The minimum absolute atomic E-state index is 0.183. The number of aromatic nitrogens is 2. The molecule has 2 rings (SSSR count). The summed E-state index contributed by atoms with van der Waals surface area (Å²) in [6.07, 6.45) is 0. The minimum Gasteiger partial charge on any atom is -0.321 e. The molecular weight excluding hydrogens is 214 g/mol. The fourth-order valence-electron chi connectivity index (χ4n) is 1.50. The summed E-state index contributed by atoms with van der Waals surface area (Å²) in [5, 5.41) is 6.94. The van der Waals surface area contributed by atoms with Crippen molar-refractivity contribution < 1.29 is 4.79 Å². The third-order valence-electron chi connectivity index (χ3n) is 2.66. The molecule has 0 aliphatic rings. The van der Waals surface area contributed by atoms with Crippen molar-refractivity contribution in [2.75, 3.05) is 5.32 Å². The van der Waals surface area contributed by atoms with Crippen molar-refractivity contribution in [2.45, 2.75) is 13.8 Å². The van der Waals surface area contributed by atoms with Crippen molar-refractivity contribution in [1.82, 2.24) is 9.78 Å². The summed E-state index contributed by atoms with van der Waals surface area (Å²) >= 11 is 0. The number of nitrogens with zero attached hydrogens (tertiary/aromatic N) is 2. The zero-order valence-electron chi connectivity index (χ0n) is 10.2. The number of nitrogens with one attached hydrogen (secondary N) is 1. The van der Waals surface area contributed by atoms with E-state index in [9.17, 15) is 4.79 Å². The number of hydrogen-bond acceptors (Lipinski definition) is 2. The summed E-state index contributed by atoms with van der Waals surface area (Å²) < 4.78 is 1.68. The SMILES string of the molecule is Cc1ccc(NC(=O)c2cc(C)n(C)n2)cc1. The molecule has 0 spiro atoms. The van der Waals surface area contributed by atoms with Gasteiger partial charge in [-0.1, -0.05) is 17.7 Å². The normalized spacial score (nSPS) is 10.3. The number of aryl methyl sites for hydroxylation is 3. The molecule has 1 aromatic heterocycles. The van der Waals surface area contributed by atoms with E-state index in [0.29, 0.717) is 5.69 Å². The third kappa shape index (κ3) is 2.53. The van der Waals surface area contributed by atoms with Gasteiger partial charge in [0.2, 0.25) is 0 Å². The first-order valence-electron chi connectivity index (χ1n) is 5.45. The van der Waals surface area contributed by atoms with Gasteiger partial charge >= 0.3 is 0 Å². The van der Waals surface area contributed by atoms with E-state index in [2.05, 4.69) is 10.4 Å². The molecule has 0 aliphatic carbocycles. The molecule has 1 aromatic carbocycles. The molecule has 0 radical (unpaired) electrons. The number of amides is 1. The van der Waals surface area contributed by atoms with E-state index in [4.69, 9.17) is 0 Å². The first kappa shape index (κ1) is 11.4. The maximum Gasteiger partial charge on any atom is 0.276 e. The highest BCUT2D eigenvalue weighted by Crippen LogP contribution is 2.10. The lowest BCUT2D eigenvalue weighted by Gasteiger charge is -2.02. The highest BCUT2D eigenvalue weighted by molar-refractivity contribution is 6.02. The summed E-state index contributed by atoms with van der Waals surface area (Å²) in [7, 11) is 1.82. The summed E-state index contributed by atoms with van der Waals surface area (Å²) in [5.74, 6) is -0.183. The van der Waals surface area contributed by atoms with Crippen molar-refractivity contribution in [3.05, 3.63) is 47.3 Å². The van der Waals surface area contributed by atoms with Gasteiger partial charge in [0.1, 0.15) is 0 Å². The molecule has 17 heavy (non-hydrogen) atoms. The molecule has 4 heteroatoms. The van der Waals surface area contributed by atoms with Crippen LogP contribution in [0.15, 0.2) is 30.3 Å². The van der Waals surface area contributed by atoms with Crippen LogP contribution in [0.3, 0.4) is 0 Å². The van der Waals surface area contributed by atoms with Crippen LogP contribution in [0.2, 0.25) is 0 Å².